The molecule has 9 heteroatoms. The maximum Gasteiger partial charge on any atom is 0.247 e. The number of nitrogens with one attached hydrogen (secondary N) is 1. The molecule has 8 nitrogen and oxygen atoms in total. The van der Waals surface area contributed by atoms with E-state index in [4.69, 9.17) is 4.74 Å². The van der Waals surface area contributed by atoms with Gasteiger partial charge in [-0.25, -0.2) is 9.07 Å². The monoisotopic (exact) mass is 529 g/mol. The molecule has 4 aromatic rings. The molecule has 0 bridgehead atoms. The maximum atomic E-state index is 15.2. The summed E-state index contributed by atoms with van der Waals surface area (Å²) in [7, 11) is 0. The van der Waals surface area contributed by atoms with Gasteiger partial charge in [-0.1, -0.05) is 59.8 Å². The van der Waals surface area contributed by atoms with Gasteiger partial charge >= 0.3 is 0 Å². The lowest BCUT2D eigenvalue weighted by atomic mass is 10.0. The first-order chi connectivity index (χ1) is 19.0. The van der Waals surface area contributed by atoms with Gasteiger partial charge in [0.15, 0.2) is 0 Å². The van der Waals surface area contributed by atoms with E-state index in [1.807, 2.05) is 55.5 Å². The molecule has 1 N–H and O–H groups in total. The Morgan fingerprint density at radius 1 is 1.10 bits per heavy atom. The van der Waals surface area contributed by atoms with Crippen molar-refractivity contribution in [1.82, 2.24) is 25.2 Å². The molecular formula is C30H32FN5O3. The van der Waals surface area contributed by atoms with Crippen LogP contribution in [-0.4, -0.2) is 57.5 Å². The van der Waals surface area contributed by atoms with Gasteiger partial charge in [0, 0.05) is 25.3 Å². The van der Waals surface area contributed by atoms with E-state index in [1.165, 1.54) is 15.6 Å². The highest BCUT2D eigenvalue weighted by Gasteiger charge is 2.34. The summed E-state index contributed by atoms with van der Waals surface area (Å²) >= 11 is 0. The number of aromatic nitrogens is 3. The number of benzene rings is 3. The van der Waals surface area contributed by atoms with Crippen molar-refractivity contribution in [3.05, 3.63) is 95.3 Å². The molecule has 2 atom stereocenters. The van der Waals surface area contributed by atoms with Crippen molar-refractivity contribution in [1.29, 1.82) is 0 Å². The Bertz CT molecular complexity index is 1450. The van der Waals surface area contributed by atoms with Gasteiger partial charge in [-0.05, 0) is 55.5 Å². The fourth-order valence-corrected chi connectivity index (χ4v) is 5.05. The molecule has 2 unspecified atom stereocenters. The number of hydrogen-bond donors (Lipinski definition) is 1. The number of nitrogens with zero attached hydrogens (tertiary/aromatic N) is 4. The number of ether oxygens (including phenoxy) is 1. The summed E-state index contributed by atoms with van der Waals surface area (Å²) in [5, 5.41) is 11.2. The first-order valence-corrected chi connectivity index (χ1v) is 13.3. The summed E-state index contributed by atoms with van der Waals surface area (Å²) in [6, 6.07) is 20.2. The lowest BCUT2D eigenvalue weighted by Crippen LogP contribution is -2.47. The minimum atomic E-state index is -1.17. The first kappa shape index (κ1) is 26.5. The van der Waals surface area contributed by atoms with Crippen LogP contribution < -0.4 is 5.32 Å². The number of halogens is 1. The molecule has 0 saturated carbocycles. The molecule has 5 rings (SSSR count). The van der Waals surface area contributed by atoms with Crippen LogP contribution in [0.2, 0.25) is 0 Å². The quantitative estimate of drug-likeness (QED) is 0.336. The highest BCUT2D eigenvalue weighted by atomic mass is 19.1. The molecule has 1 aliphatic rings. The number of fused-ring (bicyclic) bond motifs is 1. The minimum absolute atomic E-state index is 0.0900. The molecule has 0 radical (unpaired) electrons. The fraction of sp³-hybridized carbons (Fsp3) is 0.333. The van der Waals surface area contributed by atoms with Gasteiger partial charge in [0.05, 0.1) is 11.6 Å². The van der Waals surface area contributed by atoms with E-state index < -0.39 is 17.8 Å². The zero-order valence-corrected chi connectivity index (χ0v) is 21.9. The highest BCUT2D eigenvalue weighted by Crippen LogP contribution is 2.26. The molecule has 2 amide bonds. The van der Waals surface area contributed by atoms with E-state index in [2.05, 4.69) is 15.6 Å². The van der Waals surface area contributed by atoms with E-state index in [1.54, 1.807) is 18.2 Å². The average molecular weight is 530 g/mol. The van der Waals surface area contributed by atoms with Crippen molar-refractivity contribution in [2.24, 2.45) is 0 Å². The van der Waals surface area contributed by atoms with Crippen LogP contribution in [0.5, 0.6) is 0 Å². The SMILES string of the molecule is Cc1ccccc1CCN(C(=O)Cn1nnc2ccccc21)C(C(=O)NCC1CCCO1)c1ccccc1F. The summed E-state index contributed by atoms with van der Waals surface area (Å²) in [6.07, 6.45) is 2.19. The molecule has 202 valence electrons. The molecule has 39 heavy (non-hydrogen) atoms. The smallest absolute Gasteiger partial charge is 0.247 e. The maximum absolute atomic E-state index is 15.2. The van der Waals surface area contributed by atoms with Crippen molar-refractivity contribution < 1.29 is 18.7 Å². The van der Waals surface area contributed by atoms with Gasteiger partial charge in [0.2, 0.25) is 11.8 Å². The van der Waals surface area contributed by atoms with E-state index in [9.17, 15) is 9.59 Å². The van der Waals surface area contributed by atoms with Crippen LogP contribution >= 0.6 is 0 Å². The van der Waals surface area contributed by atoms with E-state index in [0.29, 0.717) is 30.6 Å². The molecule has 1 aliphatic heterocycles. The predicted octanol–water partition coefficient (Wildman–Crippen LogP) is 3.99. The van der Waals surface area contributed by atoms with Crippen LogP contribution in [0.3, 0.4) is 0 Å². The van der Waals surface area contributed by atoms with Crippen molar-refractivity contribution in [2.45, 2.75) is 44.9 Å². The second kappa shape index (κ2) is 12.2. The number of carbonyl (C=O) groups is 2. The number of rotatable bonds is 10. The third kappa shape index (κ3) is 6.15. The Balaban J connectivity index is 1.48. The Kier molecular flexibility index (Phi) is 8.27. The normalized spacial score (nSPS) is 15.8. The van der Waals surface area contributed by atoms with Gasteiger partial charge in [0.1, 0.15) is 23.9 Å². The molecule has 0 aliphatic carbocycles. The van der Waals surface area contributed by atoms with Gasteiger partial charge in [0.25, 0.3) is 0 Å². The summed E-state index contributed by atoms with van der Waals surface area (Å²) < 4.78 is 22.4. The molecule has 1 fully saturated rings. The number of carbonyl (C=O) groups excluding carboxylic acids is 2. The number of amides is 2. The molecule has 2 heterocycles. The van der Waals surface area contributed by atoms with Crippen molar-refractivity contribution in [3.8, 4) is 0 Å². The third-order valence-electron chi connectivity index (χ3n) is 7.20. The molecule has 0 spiro atoms. The van der Waals surface area contributed by atoms with E-state index in [0.717, 1.165) is 24.0 Å². The Morgan fingerprint density at radius 2 is 1.87 bits per heavy atom. The van der Waals surface area contributed by atoms with Crippen molar-refractivity contribution in [2.75, 3.05) is 19.7 Å². The Labute approximate surface area is 226 Å². The predicted molar refractivity (Wildman–Crippen MR) is 145 cm³/mol. The fourth-order valence-electron chi connectivity index (χ4n) is 5.05. The number of para-hydroxylation sites is 1. The highest BCUT2D eigenvalue weighted by molar-refractivity contribution is 5.89. The van der Waals surface area contributed by atoms with E-state index in [-0.39, 0.29) is 30.7 Å². The third-order valence-corrected chi connectivity index (χ3v) is 7.20. The summed E-state index contributed by atoms with van der Waals surface area (Å²) in [5.41, 5.74) is 3.64. The zero-order chi connectivity index (χ0) is 27.2. The number of hydrogen-bond acceptors (Lipinski definition) is 5. The van der Waals surface area contributed by atoms with Crippen molar-refractivity contribution in [3.63, 3.8) is 0 Å². The first-order valence-electron chi connectivity index (χ1n) is 13.3. The zero-order valence-electron chi connectivity index (χ0n) is 21.9. The Hall–Kier alpha value is -4.11. The van der Waals surface area contributed by atoms with Crippen LogP contribution in [0.4, 0.5) is 4.39 Å². The van der Waals surface area contributed by atoms with Crippen LogP contribution in [0.25, 0.3) is 11.0 Å². The van der Waals surface area contributed by atoms with Gasteiger partial charge in [-0.15, -0.1) is 5.10 Å². The molecule has 3 aromatic carbocycles. The van der Waals surface area contributed by atoms with Crippen LogP contribution in [0, 0.1) is 12.7 Å². The second-order valence-electron chi connectivity index (χ2n) is 9.80. The van der Waals surface area contributed by atoms with Gasteiger partial charge in [-0.2, -0.15) is 0 Å². The minimum Gasteiger partial charge on any atom is -0.376 e. The lowest BCUT2D eigenvalue weighted by Gasteiger charge is -2.32. The van der Waals surface area contributed by atoms with Crippen molar-refractivity contribution >= 4 is 22.8 Å². The summed E-state index contributed by atoms with van der Waals surface area (Å²) in [4.78, 5) is 29.2. The largest absolute Gasteiger partial charge is 0.376 e. The summed E-state index contributed by atoms with van der Waals surface area (Å²) in [5.74, 6) is -1.35. The number of aryl methyl sites for hydroxylation is 1. The molecule has 1 aromatic heterocycles. The average Bonchev–Trinajstić information content (AvgIpc) is 3.62. The van der Waals surface area contributed by atoms with E-state index >= 15 is 4.39 Å². The lowest BCUT2D eigenvalue weighted by molar-refractivity contribution is -0.141. The standard InChI is InChI=1S/C30H32FN5O3/c1-21-9-2-3-10-22(21)16-17-35(28(37)20-36-27-15-7-6-14-26(27)33-34-36)29(24-12-4-5-13-25(24)31)30(38)32-19-23-11-8-18-39-23/h2-7,9-10,12-15,23,29H,8,11,16-20H2,1H3,(H,32,38). The van der Waals surface area contributed by atoms with Crippen LogP contribution in [0.15, 0.2) is 72.8 Å². The topological polar surface area (TPSA) is 89.4 Å². The van der Waals surface area contributed by atoms with Crippen LogP contribution in [0.1, 0.15) is 35.6 Å². The van der Waals surface area contributed by atoms with Gasteiger partial charge < -0.3 is 15.0 Å². The summed E-state index contributed by atoms with van der Waals surface area (Å²) in [6.45, 7) is 3.04. The Morgan fingerprint density at radius 3 is 2.67 bits per heavy atom. The molecular weight excluding hydrogens is 497 g/mol. The van der Waals surface area contributed by atoms with Gasteiger partial charge in [-0.3, -0.25) is 9.59 Å². The molecule has 1 saturated heterocycles. The second-order valence-corrected chi connectivity index (χ2v) is 9.80. The van der Waals surface area contributed by atoms with Crippen LogP contribution in [-0.2, 0) is 27.3 Å².